The molecule has 0 aliphatic carbocycles. The number of H-pyrrole nitrogens is 1. The van der Waals surface area contributed by atoms with Gasteiger partial charge in [0, 0.05) is 43.1 Å². The molecule has 1 saturated heterocycles. The average molecular weight is 207 g/mol. The number of rotatable bonds is 1. The lowest BCUT2D eigenvalue weighted by Gasteiger charge is -2.35. The standard InChI is InChI=1S/C11H17N3O/c1-8-5-10(6-11(15)13-8)14-4-3-12-7-9(14)2/h5-6,9,12H,3-4,7H2,1-2H3,(H,13,15)/t9-/m1/s1. The van der Waals surface area contributed by atoms with Crippen LogP contribution in [0.5, 0.6) is 0 Å². The van der Waals surface area contributed by atoms with Crippen molar-refractivity contribution >= 4 is 5.69 Å². The van der Waals surface area contributed by atoms with E-state index < -0.39 is 0 Å². The first kappa shape index (κ1) is 10.2. The molecule has 1 aromatic heterocycles. The Balaban J connectivity index is 2.31. The highest BCUT2D eigenvalue weighted by molar-refractivity contribution is 5.47. The number of pyridine rings is 1. The first-order chi connectivity index (χ1) is 7.16. The summed E-state index contributed by atoms with van der Waals surface area (Å²) in [5.74, 6) is 0. The number of nitrogens with zero attached hydrogens (tertiary/aromatic N) is 1. The molecule has 15 heavy (non-hydrogen) atoms. The van der Waals surface area contributed by atoms with Crippen molar-refractivity contribution in [2.24, 2.45) is 0 Å². The molecule has 0 aromatic carbocycles. The molecular formula is C11H17N3O. The Hall–Kier alpha value is -1.29. The van der Waals surface area contributed by atoms with Gasteiger partial charge in [0.2, 0.25) is 5.56 Å². The number of aromatic amines is 1. The summed E-state index contributed by atoms with van der Waals surface area (Å²) >= 11 is 0. The third kappa shape index (κ3) is 2.21. The maximum absolute atomic E-state index is 11.4. The van der Waals surface area contributed by atoms with Gasteiger partial charge >= 0.3 is 0 Å². The molecule has 0 radical (unpaired) electrons. The maximum atomic E-state index is 11.4. The van der Waals surface area contributed by atoms with Crippen molar-refractivity contribution in [1.29, 1.82) is 0 Å². The van der Waals surface area contributed by atoms with Gasteiger partial charge in [0.25, 0.3) is 0 Å². The smallest absolute Gasteiger partial charge is 0.250 e. The molecule has 0 amide bonds. The summed E-state index contributed by atoms with van der Waals surface area (Å²) in [6.45, 7) is 7.01. The predicted octanol–water partition coefficient (Wildman–Crippen LogP) is 0.481. The number of hydrogen-bond donors (Lipinski definition) is 2. The Labute approximate surface area is 89.3 Å². The van der Waals surface area contributed by atoms with Gasteiger partial charge in [-0.2, -0.15) is 0 Å². The van der Waals surface area contributed by atoms with Crippen LogP contribution in [-0.4, -0.2) is 30.7 Å². The summed E-state index contributed by atoms with van der Waals surface area (Å²) in [5, 5.41) is 3.34. The van der Waals surface area contributed by atoms with Gasteiger partial charge in [-0.05, 0) is 19.9 Å². The second-order valence-electron chi connectivity index (χ2n) is 4.13. The number of nitrogens with one attached hydrogen (secondary N) is 2. The Morgan fingerprint density at radius 2 is 2.27 bits per heavy atom. The van der Waals surface area contributed by atoms with E-state index in [4.69, 9.17) is 0 Å². The van der Waals surface area contributed by atoms with Gasteiger partial charge in [-0.3, -0.25) is 4.79 Å². The Morgan fingerprint density at radius 3 is 2.93 bits per heavy atom. The lowest BCUT2D eigenvalue weighted by Crippen LogP contribution is -2.50. The highest BCUT2D eigenvalue weighted by Gasteiger charge is 2.18. The normalized spacial score (nSPS) is 21.7. The minimum absolute atomic E-state index is 0.0178. The molecule has 1 atom stereocenters. The topological polar surface area (TPSA) is 48.1 Å². The van der Waals surface area contributed by atoms with Crippen LogP contribution in [0, 0.1) is 6.92 Å². The van der Waals surface area contributed by atoms with Crippen molar-refractivity contribution in [3.63, 3.8) is 0 Å². The van der Waals surface area contributed by atoms with E-state index in [1.807, 2.05) is 13.0 Å². The van der Waals surface area contributed by atoms with Gasteiger partial charge < -0.3 is 15.2 Å². The van der Waals surface area contributed by atoms with Crippen molar-refractivity contribution < 1.29 is 0 Å². The third-order valence-corrected chi connectivity index (χ3v) is 2.80. The van der Waals surface area contributed by atoms with E-state index in [1.165, 1.54) is 0 Å². The molecule has 1 aliphatic heterocycles. The molecule has 0 bridgehead atoms. The van der Waals surface area contributed by atoms with Gasteiger partial charge in [0.1, 0.15) is 0 Å². The van der Waals surface area contributed by atoms with Gasteiger partial charge in [-0.15, -0.1) is 0 Å². The van der Waals surface area contributed by atoms with Crippen molar-refractivity contribution in [1.82, 2.24) is 10.3 Å². The van der Waals surface area contributed by atoms with E-state index in [0.29, 0.717) is 6.04 Å². The van der Waals surface area contributed by atoms with Crippen LogP contribution in [0.15, 0.2) is 16.9 Å². The molecule has 1 aliphatic rings. The van der Waals surface area contributed by atoms with Gasteiger partial charge in [-0.25, -0.2) is 0 Å². The van der Waals surface area contributed by atoms with E-state index in [1.54, 1.807) is 6.07 Å². The molecule has 2 rings (SSSR count). The van der Waals surface area contributed by atoms with Gasteiger partial charge in [-0.1, -0.05) is 0 Å². The predicted molar refractivity (Wildman–Crippen MR) is 61.5 cm³/mol. The van der Waals surface area contributed by atoms with Gasteiger partial charge in [0.05, 0.1) is 0 Å². The number of piperazine rings is 1. The molecule has 0 spiro atoms. The van der Waals surface area contributed by atoms with Crippen molar-refractivity contribution in [2.75, 3.05) is 24.5 Å². The fraction of sp³-hybridized carbons (Fsp3) is 0.545. The molecule has 82 valence electrons. The van der Waals surface area contributed by atoms with Crippen LogP contribution in [0.25, 0.3) is 0 Å². The summed E-state index contributed by atoms with van der Waals surface area (Å²) in [5.41, 5.74) is 1.93. The zero-order valence-electron chi connectivity index (χ0n) is 9.21. The lowest BCUT2D eigenvalue weighted by atomic mass is 10.2. The fourth-order valence-corrected chi connectivity index (χ4v) is 2.05. The van der Waals surface area contributed by atoms with Crippen LogP contribution in [0.3, 0.4) is 0 Å². The number of aryl methyl sites for hydroxylation is 1. The minimum atomic E-state index is -0.0178. The summed E-state index contributed by atoms with van der Waals surface area (Å²) < 4.78 is 0. The molecule has 1 fully saturated rings. The van der Waals surface area contributed by atoms with E-state index in [-0.39, 0.29) is 5.56 Å². The molecule has 2 N–H and O–H groups in total. The summed E-state index contributed by atoms with van der Waals surface area (Å²) in [4.78, 5) is 16.4. The first-order valence-electron chi connectivity index (χ1n) is 5.35. The van der Waals surface area contributed by atoms with E-state index in [9.17, 15) is 4.79 Å². The van der Waals surface area contributed by atoms with Crippen molar-refractivity contribution in [2.45, 2.75) is 19.9 Å². The largest absolute Gasteiger partial charge is 0.366 e. The SMILES string of the molecule is Cc1cc(N2CCNC[C@H]2C)cc(=O)[nH]1. The molecule has 0 saturated carbocycles. The molecule has 1 aromatic rings. The molecular weight excluding hydrogens is 190 g/mol. The molecule has 4 heteroatoms. The fourth-order valence-electron chi connectivity index (χ4n) is 2.05. The lowest BCUT2D eigenvalue weighted by molar-refractivity contribution is 0.500. The van der Waals surface area contributed by atoms with Crippen LogP contribution in [0.4, 0.5) is 5.69 Å². The van der Waals surface area contributed by atoms with E-state index in [0.717, 1.165) is 31.0 Å². The number of aromatic nitrogens is 1. The highest BCUT2D eigenvalue weighted by Crippen LogP contribution is 2.16. The number of anilines is 1. The van der Waals surface area contributed by atoms with Crippen LogP contribution in [-0.2, 0) is 0 Å². The van der Waals surface area contributed by atoms with Crippen LogP contribution in [0.1, 0.15) is 12.6 Å². The monoisotopic (exact) mass is 207 g/mol. The molecule has 2 heterocycles. The van der Waals surface area contributed by atoms with Crippen LogP contribution < -0.4 is 15.8 Å². The van der Waals surface area contributed by atoms with Crippen LogP contribution >= 0.6 is 0 Å². The Kier molecular flexibility index (Phi) is 2.77. The van der Waals surface area contributed by atoms with Crippen molar-refractivity contribution in [3.8, 4) is 0 Å². The summed E-state index contributed by atoms with van der Waals surface area (Å²) in [6, 6.07) is 4.15. The quantitative estimate of drug-likeness (QED) is 0.704. The maximum Gasteiger partial charge on any atom is 0.250 e. The molecule has 0 unspecified atom stereocenters. The Morgan fingerprint density at radius 1 is 1.47 bits per heavy atom. The third-order valence-electron chi connectivity index (χ3n) is 2.80. The minimum Gasteiger partial charge on any atom is -0.366 e. The first-order valence-corrected chi connectivity index (χ1v) is 5.35. The van der Waals surface area contributed by atoms with Gasteiger partial charge in [0.15, 0.2) is 0 Å². The van der Waals surface area contributed by atoms with Crippen LogP contribution in [0.2, 0.25) is 0 Å². The second-order valence-corrected chi connectivity index (χ2v) is 4.13. The summed E-state index contributed by atoms with van der Waals surface area (Å²) in [7, 11) is 0. The second kappa shape index (κ2) is 4.06. The summed E-state index contributed by atoms with van der Waals surface area (Å²) in [6.07, 6.45) is 0. The average Bonchev–Trinajstić information content (AvgIpc) is 2.16. The zero-order valence-corrected chi connectivity index (χ0v) is 9.21. The Bertz CT molecular complexity index is 399. The zero-order chi connectivity index (χ0) is 10.8. The molecule has 4 nitrogen and oxygen atoms in total. The van der Waals surface area contributed by atoms with E-state index in [2.05, 4.69) is 22.1 Å². The van der Waals surface area contributed by atoms with Crippen molar-refractivity contribution in [3.05, 3.63) is 28.2 Å². The highest BCUT2D eigenvalue weighted by atomic mass is 16.1. The number of hydrogen-bond acceptors (Lipinski definition) is 3. The van der Waals surface area contributed by atoms with E-state index >= 15 is 0 Å².